The molecule has 0 N–H and O–H groups in total. The van der Waals surface area contributed by atoms with Crippen molar-refractivity contribution in [2.75, 3.05) is 24.5 Å². The number of nitrogens with zero attached hydrogens (tertiary/aromatic N) is 6. The smallest absolute Gasteiger partial charge is 0.254 e. The quantitative estimate of drug-likeness (QED) is 0.420. The first-order valence-electron chi connectivity index (χ1n) is 11.2. The maximum atomic E-state index is 13.2. The number of benzene rings is 2. The van der Waals surface area contributed by atoms with Gasteiger partial charge in [0.1, 0.15) is 5.82 Å². The van der Waals surface area contributed by atoms with Crippen molar-refractivity contribution in [2.24, 2.45) is 0 Å². The molecule has 2 aliphatic rings. The van der Waals surface area contributed by atoms with Gasteiger partial charge in [0.2, 0.25) is 5.95 Å². The third-order valence-electron chi connectivity index (χ3n) is 6.53. The molecule has 33 heavy (non-hydrogen) atoms. The highest BCUT2D eigenvalue weighted by molar-refractivity contribution is 6.42. The molecule has 2 fully saturated rings. The first kappa shape index (κ1) is 20.7. The number of piperazine rings is 1. The Morgan fingerprint density at radius 2 is 1.85 bits per heavy atom. The summed E-state index contributed by atoms with van der Waals surface area (Å²) >= 11 is 12.2. The van der Waals surface area contributed by atoms with Crippen molar-refractivity contribution in [3.63, 3.8) is 0 Å². The summed E-state index contributed by atoms with van der Waals surface area (Å²) in [5, 5.41) is 10.9. The highest BCUT2D eigenvalue weighted by atomic mass is 35.5. The molecule has 0 bridgehead atoms. The predicted molar refractivity (Wildman–Crippen MR) is 129 cm³/mol. The standard InChI is InChI=1S/C24H22Cl2N6O/c1-14-13-30(10-11-31(14)23(33)16-8-9-18(25)19(26)12-16)24-27-20-5-3-2-4-17(20)22-29-28-21(32(22)24)15-6-7-15/h2-5,8-9,12,14-15H,6-7,10-11,13H2,1H3/t14-/m0/s1. The lowest BCUT2D eigenvalue weighted by atomic mass is 10.1. The van der Waals surface area contributed by atoms with Crippen LogP contribution in [-0.2, 0) is 0 Å². The van der Waals surface area contributed by atoms with E-state index in [4.69, 9.17) is 28.2 Å². The lowest BCUT2D eigenvalue weighted by Crippen LogP contribution is -2.54. The molecule has 1 atom stereocenters. The summed E-state index contributed by atoms with van der Waals surface area (Å²) in [6.07, 6.45) is 2.27. The molecule has 6 rings (SSSR count). The zero-order chi connectivity index (χ0) is 22.7. The van der Waals surface area contributed by atoms with Crippen LogP contribution in [-0.4, -0.2) is 56.1 Å². The van der Waals surface area contributed by atoms with Gasteiger partial charge in [-0.2, -0.15) is 0 Å². The van der Waals surface area contributed by atoms with Crippen molar-refractivity contribution in [2.45, 2.75) is 31.7 Å². The number of carbonyl (C=O) groups excluding carboxylic acids is 1. The number of hydrogen-bond donors (Lipinski definition) is 0. The Balaban J connectivity index is 1.34. The van der Waals surface area contributed by atoms with Gasteiger partial charge in [-0.1, -0.05) is 35.3 Å². The largest absolute Gasteiger partial charge is 0.338 e. The fourth-order valence-corrected chi connectivity index (χ4v) is 4.94. The maximum absolute atomic E-state index is 13.2. The molecule has 9 heteroatoms. The Kier molecular flexibility index (Phi) is 4.92. The molecule has 0 spiro atoms. The van der Waals surface area contributed by atoms with E-state index in [0.717, 1.165) is 41.2 Å². The monoisotopic (exact) mass is 480 g/mol. The number of amides is 1. The minimum Gasteiger partial charge on any atom is -0.338 e. The fourth-order valence-electron chi connectivity index (χ4n) is 4.64. The number of halogens is 2. The van der Waals surface area contributed by atoms with Crippen LogP contribution >= 0.6 is 23.2 Å². The maximum Gasteiger partial charge on any atom is 0.254 e. The summed E-state index contributed by atoms with van der Waals surface area (Å²) in [6, 6.07) is 13.1. The van der Waals surface area contributed by atoms with Crippen LogP contribution in [0.2, 0.25) is 10.0 Å². The second kappa shape index (κ2) is 7.85. The zero-order valence-electron chi connectivity index (χ0n) is 18.1. The van der Waals surface area contributed by atoms with Gasteiger partial charge in [-0.3, -0.25) is 4.79 Å². The van der Waals surface area contributed by atoms with E-state index in [1.165, 1.54) is 0 Å². The Morgan fingerprint density at radius 1 is 1.03 bits per heavy atom. The van der Waals surface area contributed by atoms with Crippen LogP contribution in [0.25, 0.3) is 16.6 Å². The molecule has 2 aromatic carbocycles. The fraction of sp³-hybridized carbons (Fsp3) is 0.333. The Hall–Kier alpha value is -2.90. The van der Waals surface area contributed by atoms with Crippen LogP contribution in [0, 0.1) is 0 Å². The van der Waals surface area contributed by atoms with Crippen molar-refractivity contribution < 1.29 is 4.79 Å². The number of carbonyl (C=O) groups is 1. The van der Waals surface area contributed by atoms with Crippen molar-refractivity contribution in [3.05, 3.63) is 63.9 Å². The van der Waals surface area contributed by atoms with Crippen LogP contribution in [0.1, 0.15) is 41.9 Å². The second-order valence-electron chi connectivity index (χ2n) is 8.84. The first-order valence-corrected chi connectivity index (χ1v) is 11.9. The third-order valence-corrected chi connectivity index (χ3v) is 7.27. The second-order valence-corrected chi connectivity index (χ2v) is 9.66. The van der Waals surface area contributed by atoms with Crippen molar-refractivity contribution in [1.82, 2.24) is 24.5 Å². The molecule has 7 nitrogen and oxygen atoms in total. The minimum absolute atomic E-state index is 0.00937. The molecule has 0 unspecified atom stereocenters. The number of aromatic nitrogens is 4. The van der Waals surface area contributed by atoms with Gasteiger partial charge >= 0.3 is 0 Å². The molecule has 1 aliphatic heterocycles. The molecule has 1 saturated carbocycles. The minimum atomic E-state index is -0.0414. The van der Waals surface area contributed by atoms with Gasteiger partial charge in [-0.15, -0.1) is 10.2 Å². The van der Waals surface area contributed by atoms with Crippen molar-refractivity contribution in [3.8, 4) is 0 Å². The van der Waals surface area contributed by atoms with Gasteiger partial charge in [0.05, 0.1) is 15.6 Å². The Labute approximate surface area is 200 Å². The van der Waals surface area contributed by atoms with Gasteiger partial charge in [0.25, 0.3) is 5.91 Å². The summed E-state index contributed by atoms with van der Waals surface area (Å²) < 4.78 is 2.13. The zero-order valence-corrected chi connectivity index (χ0v) is 19.6. The van der Waals surface area contributed by atoms with E-state index in [2.05, 4.69) is 26.4 Å². The average Bonchev–Trinajstić information content (AvgIpc) is 3.57. The Bertz CT molecular complexity index is 1400. The van der Waals surface area contributed by atoms with E-state index in [0.29, 0.717) is 41.2 Å². The molecule has 1 aliphatic carbocycles. The van der Waals surface area contributed by atoms with Crippen LogP contribution < -0.4 is 4.90 Å². The number of rotatable bonds is 3. The van der Waals surface area contributed by atoms with E-state index >= 15 is 0 Å². The van der Waals surface area contributed by atoms with E-state index in [1.807, 2.05) is 29.2 Å². The van der Waals surface area contributed by atoms with E-state index in [9.17, 15) is 4.79 Å². The molecule has 0 radical (unpaired) electrons. The van der Waals surface area contributed by atoms with Crippen LogP contribution in [0.5, 0.6) is 0 Å². The van der Waals surface area contributed by atoms with Crippen molar-refractivity contribution >= 4 is 51.6 Å². The summed E-state index contributed by atoms with van der Waals surface area (Å²) in [6.45, 7) is 3.97. The summed E-state index contributed by atoms with van der Waals surface area (Å²) in [4.78, 5) is 22.3. The van der Waals surface area contributed by atoms with Crippen LogP contribution in [0.3, 0.4) is 0 Å². The van der Waals surface area contributed by atoms with Gasteiger partial charge in [-0.25, -0.2) is 9.38 Å². The predicted octanol–water partition coefficient (Wildman–Crippen LogP) is 4.81. The van der Waals surface area contributed by atoms with Crippen LogP contribution in [0.15, 0.2) is 42.5 Å². The van der Waals surface area contributed by atoms with Crippen molar-refractivity contribution in [1.29, 1.82) is 0 Å². The molecule has 1 amide bonds. The number of fused-ring (bicyclic) bond motifs is 3. The van der Waals surface area contributed by atoms with E-state index in [1.54, 1.807) is 18.2 Å². The molecular weight excluding hydrogens is 459 g/mol. The number of hydrogen-bond acceptors (Lipinski definition) is 5. The van der Waals surface area contributed by atoms with E-state index in [-0.39, 0.29) is 11.9 Å². The lowest BCUT2D eigenvalue weighted by Gasteiger charge is -2.40. The first-order chi connectivity index (χ1) is 16.0. The Morgan fingerprint density at radius 3 is 2.61 bits per heavy atom. The number of anilines is 1. The number of para-hydroxylation sites is 1. The topological polar surface area (TPSA) is 66.6 Å². The molecular formula is C24H22Cl2N6O. The van der Waals surface area contributed by atoms with Gasteiger partial charge in [-0.05, 0) is 50.1 Å². The van der Waals surface area contributed by atoms with Crippen LogP contribution in [0.4, 0.5) is 5.95 Å². The van der Waals surface area contributed by atoms with Gasteiger partial charge in [0, 0.05) is 42.5 Å². The lowest BCUT2D eigenvalue weighted by molar-refractivity contribution is 0.0673. The average molecular weight is 481 g/mol. The molecule has 4 aromatic rings. The third kappa shape index (κ3) is 3.50. The van der Waals surface area contributed by atoms with Gasteiger partial charge in [0.15, 0.2) is 5.65 Å². The molecule has 168 valence electrons. The van der Waals surface area contributed by atoms with Gasteiger partial charge < -0.3 is 9.80 Å². The molecule has 2 aromatic heterocycles. The summed E-state index contributed by atoms with van der Waals surface area (Å²) in [5.41, 5.74) is 2.29. The molecule has 1 saturated heterocycles. The highest BCUT2D eigenvalue weighted by Crippen LogP contribution is 2.40. The molecule has 3 heterocycles. The normalized spacial score (nSPS) is 18.9. The summed E-state index contributed by atoms with van der Waals surface area (Å²) in [7, 11) is 0. The van der Waals surface area contributed by atoms with E-state index < -0.39 is 0 Å². The SMILES string of the molecule is C[C@H]1CN(c2nc3ccccc3c3nnc(C4CC4)n23)CCN1C(=O)c1ccc(Cl)c(Cl)c1. The summed E-state index contributed by atoms with van der Waals surface area (Å²) in [5.74, 6) is 2.24. The highest BCUT2D eigenvalue weighted by Gasteiger charge is 2.34.